The third-order valence-corrected chi connectivity index (χ3v) is 2.49. The van der Waals surface area contributed by atoms with Crippen molar-refractivity contribution in [2.75, 3.05) is 59.7 Å². The molecule has 0 radical (unpaired) electrons. The van der Waals surface area contributed by atoms with E-state index in [4.69, 9.17) is 20.4 Å². The number of carbonyl (C=O) groups excluding carboxylic acids is 2. The molecule has 0 saturated heterocycles. The molecule has 0 unspecified atom stereocenters. The number of methoxy groups -OCH3 is 1. The molecule has 0 bridgehead atoms. The number of carbonyl (C=O) groups is 2. The highest BCUT2D eigenvalue weighted by Crippen LogP contribution is 1.91. The van der Waals surface area contributed by atoms with Crippen LogP contribution < -0.4 is 5.32 Å². The first-order chi connectivity index (χ1) is 11.5. The maximum absolute atomic E-state index is 11.0. The molecule has 0 saturated carbocycles. The van der Waals surface area contributed by atoms with Crippen LogP contribution in [-0.2, 0) is 14.3 Å². The molecular formula is C15H34N2O7. The maximum atomic E-state index is 11.0. The van der Waals surface area contributed by atoms with E-state index in [0.29, 0.717) is 39.0 Å². The van der Waals surface area contributed by atoms with E-state index in [9.17, 15) is 9.59 Å². The van der Waals surface area contributed by atoms with Gasteiger partial charge in [-0.2, -0.15) is 0 Å². The van der Waals surface area contributed by atoms with Gasteiger partial charge >= 0.3 is 5.97 Å². The average Bonchev–Trinajstić information content (AvgIpc) is 2.61. The lowest BCUT2D eigenvalue weighted by Crippen LogP contribution is -2.35. The number of ether oxygens (including phenoxy) is 1. The van der Waals surface area contributed by atoms with Gasteiger partial charge < -0.3 is 35.4 Å². The van der Waals surface area contributed by atoms with Crippen molar-refractivity contribution in [3.05, 3.63) is 0 Å². The topological polar surface area (TPSA) is 140 Å². The second-order valence-corrected chi connectivity index (χ2v) is 4.31. The summed E-state index contributed by atoms with van der Waals surface area (Å²) in [6, 6.07) is 0. The molecule has 0 aliphatic rings. The molecule has 0 aliphatic heterocycles. The summed E-state index contributed by atoms with van der Waals surface area (Å²) < 4.78 is 4.26. The van der Waals surface area contributed by atoms with Gasteiger partial charge in [0.05, 0.1) is 33.5 Å². The number of rotatable bonds is 10. The first-order valence-electron chi connectivity index (χ1n) is 7.97. The van der Waals surface area contributed by atoms with Gasteiger partial charge in [0.1, 0.15) is 0 Å². The molecule has 0 heterocycles. The van der Waals surface area contributed by atoms with Crippen LogP contribution in [0.3, 0.4) is 0 Å². The predicted molar refractivity (Wildman–Crippen MR) is 90.4 cm³/mol. The van der Waals surface area contributed by atoms with E-state index < -0.39 is 0 Å². The van der Waals surface area contributed by atoms with Crippen molar-refractivity contribution in [1.29, 1.82) is 0 Å². The van der Waals surface area contributed by atoms with Gasteiger partial charge in [-0.05, 0) is 0 Å². The number of hydrogen-bond acceptors (Lipinski definition) is 8. The Morgan fingerprint density at radius 3 is 1.54 bits per heavy atom. The summed E-state index contributed by atoms with van der Waals surface area (Å²) in [5, 5.41) is 36.1. The summed E-state index contributed by atoms with van der Waals surface area (Å²) >= 11 is 0. The highest BCUT2D eigenvalue weighted by atomic mass is 16.5. The Morgan fingerprint density at radius 2 is 1.33 bits per heavy atom. The van der Waals surface area contributed by atoms with Gasteiger partial charge in [-0.15, -0.1) is 0 Å². The van der Waals surface area contributed by atoms with E-state index in [1.165, 1.54) is 12.0 Å². The van der Waals surface area contributed by atoms with E-state index in [0.717, 1.165) is 0 Å². The van der Waals surface area contributed by atoms with Crippen molar-refractivity contribution in [3.8, 4) is 0 Å². The van der Waals surface area contributed by atoms with Gasteiger partial charge in [-0.3, -0.25) is 9.59 Å². The standard InChI is InChI=1S/C7H15NO3.C4H11NO2.C4H8O2/c1-2-7(11)8(3-5-9)4-6-10;6-3-1-5-2-4-7;1-3-4(5)6-2/h9-10H,2-6H2,1H3;5-7H,1-4H2;3H2,1-2H3. The molecule has 9 nitrogen and oxygen atoms in total. The molecule has 0 aromatic heterocycles. The molecule has 5 N–H and O–H groups in total. The average molecular weight is 354 g/mol. The van der Waals surface area contributed by atoms with Gasteiger partial charge in [0.15, 0.2) is 0 Å². The lowest BCUT2D eigenvalue weighted by Gasteiger charge is -2.19. The maximum Gasteiger partial charge on any atom is 0.305 e. The van der Waals surface area contributed by atoms with Crippen LogP contribution in [0, 0.1) is 0 Å². The van der Waals surface area contributed by atoms with E-state index in [1.807, 2.05) is 0 Å². The van der Waals surface area contributed by atoms with Crippen molar-refractivity contribution in [3.63, 3.8) is 0 Å². The van der Waals surface area contributed by atoms with Crippen LogP contribution in [0.5, 0.6) is 0 Å². The number of nitrogens with one attached hydrogen (secondary N) is 1. The molecule has 0 rings (SSSR count). The fraction of sp³-hybridized carbons (Fsp3) is 0.867. The van der Waals surface area contributed by atoms with Crippen molar-refractivity contribution in [1.82, 2.24) is 10.2 Å². The summed E-state index contributed by atoms with van der Waals surface area (Å²) in [7, 11) is 1.38. The molecule has 0 aromatic rings. The van der Waals surface area contributed by atoms with Crippen molar-refractivity contribution in [2.45, 2.75) is 26.7 Å². The van der Waals surface area contributed by atoms with Gasteiger partial charge in [0, 0.05) is 39.0 Å². The fourth-order valence-electron chi connectivity index (χ4n) is 1.25. The Kier molecular flexibility index (Phi) is 27.6. The Morgan fingerprint density at radius 1 is 0.875 bits per heavy atom. The summed E-state index contributed by atoms with van der Waals surface area (Å²) in [6.45, 7) is 5.45. The highest BCUT2D eigenvalue weighted by Gasteiger charge is 2.08. The third-order valence-electron chi connectivity index (χ3n) is 2.49. The van der Waals surface area contributed by atoms with E-state index >= 15 is 0 Å². The molecule has 1 amide bonds. The normalized spacial score (nSPS) is 9.12. The number of nitrogens with zero attached hydrogens (tertiary/aromatic N) is 1. The molecule has 0 aromatic carbocycles. The minimum atomic E-state index is -0.157. The lowest BCUT2D eigenvalue weighted by molar-refractivity contribution is -0.140. The van der Waals surface area contributed by atoms with Crippen LogP contribution >= 0.6 is 0 Å². The van der Waals surface area contributed by atoms with E-state index in [2.05, 4.69) is 10.1 Å². The predicted octanol–water partition coefficient (Wildman–Crippen LogP) is -1.66. The highest BCUT2D eigenvalue weighted by molar-refractivity contribution is 5.75. The third kappa shape index (κ3) is 23.0. The van der Waals surface area contributed by atoms with Crippen molar-refractivity contribution in [2.24, 2.45) is 0 Å². The monoisotopic (exact) mass is 354 g/mol. The number of aliphatic hydroxyl groups excluding tert-OH is 4. The Bertz CT molecular complexity index is 263. The molecular weight excluding hydrogens is 320 g/mol. The zero-order valence-corrected chi connectivity index (χ0v) is 15.0. The largest absolute Gasteiger partial charge is 0.469 e. The SMILES string of the molecule is CCC(=O)N(CCO)CCO.CCC(=O)OC.OCCNCCO. The molecule has 9 heteroatoms. The molecule has 0 fully saturated rings. The van der Waals surface area contributed by atoms with E-state index in [-0.39, 0.29) is 38.3 Å². The van der Waals surface area contributed by atoms with Crippen LogP contribution in [0.2, 0.25) is 0 Å². The van der Waals surface area contributed by atoms with Crippen LogP contribution in [-0.4, -0.2) is 96.9 Å². The molecule has 146 valence electrons. The van der Waals surface area contributed by atoms with Gasteiger partial charge in [-0.25, -0.2) is 0 Å². The summed E-state index contributed by atoms with van der Waals surface area (Å²) in [6.07, 6.45) is 0.885. The van der Waals surface area contributed by atoms with Crippen molar-refractivity contribution < 1.29 is 34.8 Å². The molecule has 0 aliphatic carbocycles. The Hall–Kier alpha value is -1.26. The zero-order chi connectivity index (χ0) is 19.2. The van der Waals surface area contributed by atoms with Crippen LogP contribution in [0.4, 0.5) is 0 Å². The van der Waals surface area contributed by atoms with Crippen LogP contribution in [0.1, 0.15) is 26.7 Å². The number of aliphatic hydroxyl groups is 4. The summed E-state index contributed by atoms with van der Waals surface area (Å²) in [5.41, 5.74) is 0. The first kappa shape index (κ1) is 27.6. The molecule has 0 spiro atoms. The van der Waals surface area contributed by atoms with Crippen LogP contribution in [0.15, 0.2) is 0 Å². The molecule has 24 heavy (non-hydrogen) atoms. The van der Waals surface area contributed by atoms with Gasteiger partial charge in [-0.1, -0.05) is 13.8 Å². The first-order valence-corrected chi connectivity index (χ1v) is 7.97. The number of amides is 1. The summed E-state index contributed by atoms with van der Waals surface area (Å²) in [4.78, 5) is 22.4. The van der Waals surface area contributed by atoms with Gasteiger partial charge in [0.2, 0.25) is 5.91 Å². The smallest absolute Gasteiger partial charge is 0.305 e. The Labute approximate surface area is 144 Å². The second kappa shape index (κ2) is 24.0. The minimum absolute atomic E-state index is 0.0342. The minimum Gasteiger partial charge on any atom is -0.469 e. The quantitative estimate of drug-likeness (QED) is 0.232. The number of esters is 1. The second-order valence-electron chi connectivity index (χ2n) is 4.31. The summed E-state index contributed by atoms with van der Waals surface area (Å²) in [5.74, 6) is -0.192. The zero-order valence-electron chi connectivity index (χ0n) is 15.0. The number of hydrogen-bond donors (Lipinski definition) is 5. The van der Waals surface area contributed by atoms with E-state index in [1.54, 1.807) is 13.8 Å². The molecule has 0 atom stereocenters. The fourth-order valence-corrected chi connectivity index (χ4v) is 1.25. The van der Waals surface area contributed by atoms with Gasteiger partial charge in [0.25, 0.3) is 0 Å². The van der Waals surface area contributed by atoms with Crippen molar-refractivity contribution >= 4 is 11.9 Å². The Balaban J connectivity index is -0.000000294. The lowest BCUT2D eigenvalue weighted by atomic mass is 10.4. The van der Waals surface area contributed by atoms with Crippen LogP contribution in [0.25, 0.3) is 0 Å².